The Morgan fingerprint density at radius 1 is 0.944 bits per heavy atom. The van der Waals surface area contributed by atoms with E-state index in [4.69, 9.17) is 21.1 Å². The van der Waals surface area contributed by atoms with Crippen LogP contribution in [0.4, 0.5) is 15.4 Å². The number of halogens is 1. The highest BCUT2D eigenvalue weighted by molar-refractivity contribution is 6.31. The molecule has 3 rings (SSSR count). The molecular weight excluding hydrogens is 482 g/mol. The summed E-state index contributed by atoms with van der Waals surface area (Å²) in [6.07, 6.45) is 1.04. The minimum absolute atomic E-state index is 0.0105. The summed E-state index contributed by atoms with van der Waals surface area (Å²) in [6.45, 7) is 2.54. The van der Waals surface area contributed by atoms with Gasteiger partial charge in [0.25, 0.3) is 0 Å². The second-order valence-corrected chi connectivity index (χ2v) is 8.74. The molecule has 0 radical (unpaired) electrons. The van der Waals surface area contributed by atoms with Crippen molar-refractivity contribution in [3.05, 3.63) is 71.4 Å². The van der Waals surface area contributed by atoms with E-state index in [1.807, 2.05) is 61.5 Å². The zero-order valence-electron chi connectivity index (χ0n) is 20.6. The average molecular weight is 514 g/mol. The molecule has 0 aliphatic heterocycles. The maximum absolute atomic E-state index is 12.8. The van der Waals surface area contributed by atoms with Crippen LogP contribution in [-0.4, -0.2) is 80.5 Å². The molecule has 0 saturated heterocycles. The quantitative estimate of drug-likeness (QED) is 0.352. The van der Waals surface area contributed by atoms with Gasteiger partial charge in [0.15, 0.2) is 0 Å². The Kier molecular flexibility index (Phi) is 10.7. The van der Waals surface area contributed by atoms with Gasteiger partial charge in [-0.1, -0.05) is 54.1 Å². The molecule has 0 fully saturated rings. The van der Waals surface area contributed by atoms with Crippen LogP contribution in [0.25, 0.3) is 10.8 Å². The molecule has 0 aliphatic carbocycles. The summed E-state index contributed by atoms with van der Waals surface area (Å²) in [5.41, 5.74) is 0.813. The van der Waals surface area contributed by atoms with Crippen molar-refractivity contribution in [3.63, 3.8) is 0 Å². The summed E-state index contributed by atoms with van der Waals surface area (Å²) >= 11 is 6.19. The molecule has 0 bridgehead atoms. The van der Waals surface area contributed by atoms with Crippen LogP contribution >= 0.6 is 11.6 Å². The van der Waals surface area contributed by atoms with Crippen molar-refractivity contribution >= 4 is 40.3 Å². The van der Waals surface area contributed by atoms with E-state index in [9.17, 15) is 9.59 Å². The molecule has 1 aromatic heterocycles. The van der Waals surface area contributed by atoms with Gasteiger partial charge in [0.1, 0.15) is 12.4 Å². The maximum Gasteiger partial charge on any atom is 0.412 e. The molecule has 2 aromatic carbocycles. The number of hydrogen-bond donors (Lipinski definition) is 2. The first kappa shape index (κ1) is 27.2. The molecule has 9 nitrogen and oxygen atoms in total. The first-order valence-electron chi connectivity index (χ1n) is 11.7. The van der Waals surface area contributed by atoms with Crippen LogP contribution in [0, 0.1) is 0 Å². The van der Waals surface area contributed by atoms with Crippen molar-refractivity contribution in [3.8, 4) is 0 Å². The lowest BCUT2D eigenvalue weighted by molar-refractivity contribution is 0.0902. The van der Waals surface area contributed by atoms with E-state index in [1.54, 1.807) is 23.2 Å². The van der Waals surface area contributed by atoms with E-state index in [2.05, 4.69) is 15.6 Å². The van der Waals surface area contributed by atoms with Gasteiger partial charge in [-0.15, -0.1) is 0 Å². The number of nitrogens with zero attached hydrogens (tertiary/aromatic N) is 3. The number of urea groups is 1. The number of amides is 3. The molecule has 1 heterocycles. The van der Waals surface area contributed by atoms with Crippen molar-refractivity contribution in [1.29, 1.82) is 0 Å². The highest BCUT2D eigenvalue weighted by Crippen LogP contribution is 2.16. The van der Waals surface area contributed by atoms with E-state index >= 15 is 0 Å². The largest absolute Gasteiger partial charge is 0.447 e. The number of ether oxygens (including phenoxy) is 2. The molecule has 3 amide bonds. The molecule has 36 heavy (non-hydrogen) atoms. The topological polar surface area (TPSA) is 96.0 Å². The molecule has 2 N–H and O–H groups in total. The smallest absolute Gasteiger partial charge is 0.412 e. The summed E-state index contributed by atoms with van der Waals surface area (Å²) in [7, 11) is 3.93. The van der Waals surface area contributed by atoms with Gasteiger partial charge in [0.2, 0.25) is 0 Å². The van der Waals surface area contributed by atoms with Gasteiger partial charge in [-0.3, -0.25) is 5.32 Å². The number of fused-ring (bicyclic) bond motifs is 1. The van der Waals surface area contributed by atoms with E-state index in [0.717, 1.165) is 22.9 Å². The van der Waals surface area contributed by atoms with Crippen molar-refractivity contribution < 1.29 is 19.1 Å². The van der Waals surface area contributed by atoms with E-state index in [1.165, 1.54) is 0 Å². The number of carbonyl (C=O) groups excluding carboxylic acids is 2. The summed E-state index contributed by atoms with van der Waals surface area (Å²) in [5.74, 6) is 0.391. The minimum atomic E-state index is -0.642. The standard InChI is InChI=1S/C26H32ClN5O4/c1-31(2)11-14-35-15-12-32(25(33)29-19-22-9-5-6-10-23(22)27)13-16-36-26(34)30-24-17-20-7-3-4-8-21(20)18-28-24/h3-10,17-18H,11-16,19H2,1-2H3,(H,29,33)(H,28,30,34). The molecule has 0 atom stereocenters. The third-order valence-electron chi connectivity index (χ3n) is 5.32. The highest BCUT2D eigenvalue weighted by Gasteiger charge is 2.15. The number of benzene rings is 2. The van der Waals surface area contributed by atoms with Crippen molar-refractivity contribution in [1.82, 2.24) is 20.1 Å². The molecule has 0 aliphatic rings. The van der Waals surface area contributed by atoms with E-state index < -0.39 is 6.09 Å². The predicted octanol–water partition coefficient (Wildman–Crippen LogP) is 4.23. The zero-order chi connectivity index (χ0) is 25.8. The normalized spacial score (nSPS) is 10.9. The van der Waals surface area contributed by atoms with Gasteiger partial charge in [0.05, 0.1) is 19.8 Å². The number of anilines is 1. The predicted molar refractivity (Wildman–Crippen MR) is 141 cm³/mol. The second-order valence-electron chi connectivity index (χ2n) is 8.33. The Morgan fingerprint density at radius 2 is 1.64 bits per heavy atom. The van der Waals surface area contributed by atoms with Gasteiger partial charge in [0, 0.05) is 36.2 Å². The third kappa shape index (κ3) is 8.99. The molecule has 0 spiro atoms. The number of aromatic nitrogens is 1. The molecular formula is C26H32ClN5O4. The van der Waals surface area contributed by atoms with Crippen LogP contribution in [0.5, 0.6) is 0 Å². The monoisotopic (exact) mass is 513 g/mol. The first-order chi connectivity index (χ1) is 17.4. The summed E-state index contributed by atoms with van der Waals surface area (Å²) in [5, 5.41) is 8.01. The van der Waals surface area contributed by atoms with Crippen LogP contribution in [0.1, 0.15) is 5.56 Å². The molecule has 0 saturated carbocycles. The third-order valence-corrected chi connectivity index (χ3v) is 5.69. The van der Waals surface area contributed by atoms with Crippen molar-refractivity contribution in [2.45, 2.75) is 6.54 Å². The number of pyridine rings is 1. The van der Waals surface area contributed by atoms with Crippen molar-refractivity contribution in [2.24, 2.45) is 0 Å². The van der Waals surface area contributed by atoms with Gasteiger partial charge in [-0.2, -0.15) is 0 Å². The van der Waals surface area contributed by atoms with Crippen LogP contribution < -0.4 is 10.6 Å². The lowest BCUT2D eigenvalue weighted by Crippen LogP contribution is -2.43. The summed E-state index contributed by atoms with van der Waals surface area (Å²) in [4.78, 5) is 32.9. The fraction of sp³-hybridized carbons (Fsp3) is 0.346. The van der Waals surface area contributed by atoms with Gasteiger partial charge in [-0.05, 0) is 37.2 Å². The van der Waals surface area contributed by atoms with Crippen LogP contribution in [0.3, 0.4) is 0 Å². The zero-order valence-corrected chi connectivity index (χ0v) is 21.3. The van der Waals surface area contributed by atoms with Gasteiger partial charge >= 0.3 is 12.1 Å². The SMILES string of the molecule is CN(C)CCOCCN(CCOC(=O)Nc1cc2ccccc2cn1)C(=O)NCc1ccccc1Cl. The molecule has 3 aromatic rings. The summed E-state index contributed by atoms with van der Waals surface area (Å²) < 4.78 is 10.9. The minimum Gasteiger partial charge on any atom is -0.447 e. The summed E-state index contributed by atoms with van der Waals surface area (Å²) in [6, 6.07) is 16.5. The Labute approximate surface area is 216 Å². The Balaban J connectivity index is 1.49. The van der Waals surface area contributed by atoms with Gasteiger partial charge in [-0.25, -0.2) is 14.6 Å². The molecule has 192 valence electrons. The van der Waals surface area contributed by atoms with E-state index in [-0.39, 0.29) is 25.7 Å². The highest BCUT2D eigenvalue weighted by atomic mass is 35.5. The number of carbonyl (C=O) groups is 2. The fourth-order valence-electron chi connectivity index (χ4n) is 3.30. The van der Waals surface area contributed by atoms with Crippen LogP contribution in [0.15, 0.2) is 60.8 Å². The van der Waals surface area contributed by atoms with E-state index in [0.29, 0.717) is 30.6 Å². The average Bonchev–Trinajstić information content (AvgIpc) is 2.86. The Bertz CT molecular complexity index is 1140. The number of rotatable bonds is 12. The second kappa shape index (κ2) is 14.2. The molecule has 10 heteroatoms. The number of nitrogens with one attached hydrogen (secondary N) is 2. The van der Waals surface area contributed by atoms with Crippen LogP contribution in [0.2, 0.25) is 5.02 Å². The Hall–Kier alpha value is -3.40. The number of likely N-dealkylation sites (N-methyl/N-ethyl adjacent to an activating group) is 1. The maximum atomic E-state index is 12.8. The lowest BCUT2D eigenvalue weighted by Gasteiger charge is -2.23. The number of hydrogen-bond acceptors (Lipinski definition) is 6. The fourth-order valence-corrected chi connectivity index (χ4v) is 3.51. The first-order valence-corrected chi connectivity index (χ1v) is 12.1. The molecule has 0 unspecified atom stereocenters. The van der Waals surface area contributed by atoms with Gasteiger partial charge < -0.3 is 24.6 Å². The lowest BCUT2D eigenvalue weighted by atomic mass is 10.2. The Morgan fingerprint density at radius 3 is 2.42 bits per heavy atom. The van der Waals surface area contributed by atoms with Crippen LogP contribution in [-0.2, 0) is 16.0 Å². The van der Waals surface area contributed by atoms with Crippen molar-refractivity contribution in [2.75, 3.05) is 58.9 Å².